The fraction of sp³-hybridized carbons (Fsp3) is 0.200. The summed E-state index contributed by atoms with van der Waals surface area (Å²) in [5.41, 5.74) is 3.96. The highest BCUT2D eigenvalue weighted by Gasteiger charge is 2.11. The van der Waals surface area contributed by atoms with Crippen LogP contribution in [0.5, 0.6) is 5.75 Å². The van der Waals surface area contributed by atoms with Crippen molar-refractivity contribution >= 4 is 23.4 Å². The average Bonchev–Trinajstić information content (AvgIpc) is 2.50. The lowest BCUT2D eigenvalue weighted by Crippen LogP contribution is -2.29. The third-order valence-electron chi connectivity index (χ3n) is 2.96. The second-order valence-electron chi connectivity index (χ2n) is 4.23. The van der Waals surface area contributed by atoms with Crippen molar-refractivity contribution in [1.29, 1.82) is 0 Å². The van der Waals surface area contributed by atoms with E-state index in [1.165, 1.54) is 0 Å². The zero-order valence-corrected chi connectivity index (χ0v) is 12.7. The molecule has 0 fully saturated rings. The molecule has 0 aliphatic carbocycles. The molecule has 1 unspecified atom stereocenters. The first-order chi connectivity index (χ1) is 9.74. The van der Waals surface area contributed by atoms with Crippen molar-refractivity contribution in [3.8, 4) is 5.75 Å². The molecule has 0 amide bonds. The first-order valence-electron chi connectivity index (χ1n) is 6.22. The van der Waals surface area contributed by atoms with Gasteiger partial charge in [-0.3, -0.25) is 11.3 Å². The fourth-order valence-corrected chi connectivity index (χ4v) is 3.13. The molecular weight excluding hydrogens is 292 g/mol. The predicted molar refractivity (Wildman–Crippen MR) is 85.2 cm³/mol. The molecule has 5 heteroatoms. The molecule has 0 saturated carbocycles. The van der Waals surface area contributed by atoms with Gasteiger partial charge in [0.15, 0.2) is 0 Å². The Hall–Kier alpha value is -1.20. The molecule has 0 aliphatic rings. The van der Waals surface area contributed by atoms with Gasteiger partial charge in [0.25, 0.3) is 0 Å². The minimum Gasteiger partial charge on any atom is -0.497 e. The van der Waals surface area contributed by atoms with E-state index < -0.39 is 0 Å². The molecule has 0 aliphatic heterocycles. The Kier molecular flexibility index (Phi) is 5.73. The Morgan fingerprint density at radius 3 is 2.50 bits per heavy atom. The number of nitrogens with one attached hydrogen (secondary N) is 1. The Morgan fingerprint density at radius 2 is 1.90 bits per heavy atom. The van der Waals surface area contributed by atoms with Gasteiger partial charge >= 0.3 is 0 Å². The van der Waals surface area contributed by atoms with Crippen molar-refractivity contribution < 1.29 is 4.74 Å². The molecule has 0 heterocycles. The van der Waals surface area contributed by atoms with Crippen molar-refractivity contribution in [2.24, 2.45) is 5.84 Å². The van der Waals surface area contributed by atoms with Gasteiger partial charge in [0.05, 0.1) is 18.2 Å². The summed E-state index contributed by atoms with van der Waals surface area (Å²) in [6.45, 7) is 0. The summed E-state index contributed by atoms with van der Waals surface area (Å²) in [6.07, 6.45) is 0. The second kappa shape index (κ2) is 7.55. The van der Waals surface area contributed by atoms with E-state index >= 15 is 0 Å². The van der Waals surface area contributed by atoms with Crippen LogP contribution in [0.2, 0.25) is 5.02 Å². The van der Waals surface area contributed by atoms with Crippen molar-refractivity contribution in [3.05, 3.63) is 59.1 Å². The standard InChI is InChI=1S/C15H17ClN2OS/c1-19-12-8-6-11(7-9-12)14(18-17)10-20-15-5-3-2-4-13(15)16/h2-9,14,18H,10,17H2,1H3. The molecule has 1 atom stereocenters. The Morgan fingerprint density at radius 1 is 1.20 bits per heavy atom. The van der Waals surface area contributed by atoms with Crippen LogP contribution in [0.4, 0.5) is 0 Å². The van der Waals surface area contributed by atoms with Gasteiger partial charge in [-0.15, -0.1) is 11.8 Å². The van der Waals surface area contributed by atoms with Gasteiger partial charge in [0.1, 0.15) is 5.75 Å². The van der Waals surface area contributed by atoms with Crippen LogP contribution in [0, 0.1) is 0 Å². The Balaban J connectivity index is 2.03. The number of thioether (sulfide) groups is 1. The van der Waals surface area contributed by atoms with Gasteiger partial charge < -0.3 is 4.74 Å². The zero-order chi connectivity index (χ0) is 14.4. The molecule has 3 nitrogen and oxygen atoms in total. The molecule has 2 aromatic carbocycles. The van der Waals surface area contributed by atoms with Gasteiger partial charge in [-0.2, -0.15) is 0 Å². The summed E-state index contributed by atoms with van der Waals surface area (Å²) in [4.78, 5) is 1.06. The molecule has 0 radical (unpaired) electrons. The monoisotopic (exact) mass is 308 g/mol. The number of ether oxygens (including phenoxy) is 1. The van der Waals surface area contributed by atoms with Crippen molar-refractivity contribution in [2.75, 3.05) is 12.9 Å². The molecule has 0 bridgehead atoms. The van der Waals surface area contributed by atoms with E-state index in [-0.39, 0.29) is 6.04 Å². The maximum atomic E-state index is 6.15. The minimum absolute atomic E-state index is 0.0576. The number of hydrogen-bond donors (Lipinski definition) is 2. The van der Waals surface area contributed by atoms with Gasteiger partial charge in [-0.25, -0.2) is 0 Å². The maximum absolute atomic E-state index is 6.15. The molecule has 0 spiro atoms. The molecule has 0 aromatic heterocycles. The van der Waals surface area contributed by atoms with Gasteiger partial charge in [-0.05, 0) is 29.8 Å². The van der Waals surface area contributed by atoms with Crippen LogP contribution >= 0.6 is 23.4 Å². The third-order valence-corrected chi connectivity index (χ3v) is 4.57. The molecule has 20 heavy (non-hydrogen) atoms. The van der Waals surface area contributed by atoms with E-state index in [9.17, 15) is 0 Å². The number of methoxy groups -OCH3 is 1. The lowest BCUT2D eigenvalue weighted by atomic mass is 10.1. The zero-order valence-electron chi connectivity index (χ0n) is 11.2. The minimum atomic E-state index is 0.0576. The highest BCUT2D eigenvalue weighted by molar-refractivity contribution is 7.99. The van der Waals surface area contributed by atoms with E-state index in [4.69, 9.17) is 22.2 Å². The first-order valence-corrected chi connectivity index (χ1v) is 7.58. The van der Waals surface area contributed by atoms with E-state index in [1.807, 2.05) is 48.5 Å². The average molecular weight is 309 g/mol. The number of rotatable bonds is 6. The van der Waals surface area contributed by atoms with E-state index in [0.29, 0.717) is 0 Å². The Bertz CT molecular complexity index is 548. The number of hydrazine groups is 1. The maximum Gasteiger partial charge on any atom is 0.118 e. The SMILES string of the molecule is COc1ccc(C(CSc2ccccc2Cl)NN)cc1. The lowest BCUT2D eigenvalue weighted by molar-refractivity contribution is 0.414. The van der Waals surface area contributed by atoms with Crippen LogP contribution in [0.1, 0.15) is 11.6 Å². The number of benzene rings is 2. The predicted octanol–water partition coefficient (Wildman–Crippen LogP) is 3.65. The van der Waals surface area contributed by atoms with E-state index in [2.05, 4.69) is 5.43 Å². The summed E-state index contributed by atoms with van der Waals surface area (Å²) < 4.78 is 5.15. The molecule has 106 valence electrons. The largest absolute Gasteiger partial charge is 0.497 e. The highest BCUT2D eigenvalue weighted by atomic mass is 35.5. The quantitative estimate of drug-likeness (QED) is 0.486. The third kappa shape index (κ3) is 3.90. The van der Waals surface area contributed by atoms with Gasteiger partial charge in [0.2, 0.25) is 0 Å². The van der Waals surface area contributed by atoms with Crippen molar-refractivity contribution in [2.45, 2.75) is 10.9 Å². The summed E-state index contributed by atoms with van der Waals surface area (Å²) in [6, 6.07) is 15.7. The summed E-state index contributed by atoms with van der Waals surface area (Å²) in [7, 11) is 1.65. The fourth-order valence-electron chi connectivity index (χ4n) is 1.81. The van der Waals surface area contributed by atoms with Crippen molar-refractivity contribution in [3.63, 3.8) is 0 Å². The van der Waals surface area contributed by atoms with E-state index in [1.54, 1.807) is 18.9 Å². The van der Waals surface area contributed by atoms with Gasteiger partial charge in [-0.1, -0.05) is 35.9 Å². The molecule has 3 N–H and O–H groups in total. The Labute approximate surface area is 128 Å². The van der Waals surface area contributed by atoms with Crippen LogP contribution in [0.15, 0.2) is 53.4 Å². The topological polar surface area (TPSA) is 47.3 Å². The van der Waals surface area contributed by atoms with Crippen LogP contribution in [0.3, 0.4) is 0 Å². The van der Waals surface area contributed by atoms with E-state index in [0.717, 1.165) is 27.0 Å². The molecule has 2 aromatic rings. The summed E-state index contributed by atoms with van der Waals surface area (Å²) in [5, 5.41) is 0.767. The van der Waals surface area contributed by atoms with Gasteiger partial charge in [0, 0.05) is 10.6 Å². The number of nitrogens with two attached hydrogens (primary N) is 1. The highest BCUT2D eigenvalue weighted by Crippen LogP contribution is 2.30. The van der Waals surface area contributed by atoms with Crippen LogP contribution < -0.4 is 16.0 Å². The molecule has 2 rings (SSSR count). The van der Waals surface area contributed by atoms with Crippen LogP contribution in [-0.2, 0) is 0 Å². The first kappa shape index (κ1) is 15.2. The lowest BCUT2D eigenvalue weighted by Gasteiger charge is -2.16. The molecule has 0 saturated heterocycles. The number of hydrogen-bond acceptors (Lipinski definition) is 4. The summed E-state index contributed by atoms with van der Waals surface area (Å²) in [5.74, 6) is 7.28. The number of halogens is 1. The van der Waals surface area contributed by atoms with Crippen LogP contribution in [-0.4, -0.2) is 12.9 Å². The second-order valence-corrected chi connectivity index (χ2v) is 5.70. The normalized spacial score (nSPS) is 12.2. The smallest absolute Gasteiger partial charge is 0.118 e. The summed E-state index contributed by atoms with van der Waals surface area (Å²) >= 11 is 7.83. The van der Waals surface area contributed by atoms with Crippen molar-refractivity contribution in [1.82, 2.24) is 5.43 Å². The molecular formula is C15H17ClN2OS. The van der Waals surface area contributed by atoms with Crippen LogP contribution in [0.25, 0.3) is 0 Å².